The molecule has 3 heterocycles. The van der Waals surface area contributed by atoms with Crippen LogP contribution in [0.4, 0.5) is 14.5 Å². The number of piperidine rings is 1. The summed E-state index contributed by atoms with van der Waals surface area (Å²) in [5.74, 6) is 1.83. The van der Waals surface area contributed by atoms with Crippen molar-refractivity contribution < 1.29 is 27.9 Å². The predicted octanol–water partition coefficient (Wildman–Crippen LogP) is 6.81. The van der Waals surface area contributed by atoms with Gasteiger partial charge in [0.15, 0.2) is 5.69 Å². The average Bonchev–Trinajstić information content (AvgIpc) is 3.82. The fourth-order valence-electron chi connectivity index (χ4n) is 6.18. The molecule has 2 aromatic carbocycles. The second-order valence-corrected chi connectivity index (χ2v) is 11.3. The number of aromatic nitrogens is 2. The first-order valence-corrected chi connectivity index (χ1v) is 13.9. The maximum Gasteiger partial charge on any atom is 0.354 e. The monoisotopic (exact) mass is 557 g/mol. The molecule has 7 rings (SSSR count). The standard InChI is InChI=1S/C32H29F2N3O4/c1-17-4-2-3-5-20(17)30-22(31(41-36-30)18-6-7-18)10-9-21-24-14-37(15-25(21)24)19-8-11-26-23(12-19)28(40-16-29(33)34)13-27(35-26)32(38)39/h2-5,8-13,18,21,24-25,29H,6-7,14-16H2,1H3,(H,38,39)/b10-9+. The number of allylic oxidation sites excluding steroid dienone is 1. The van der Waals surface area contributed by atoms with Gasteiger partial charge in [0.1, 0.15) is 23.8 Å². The number of rotatable bonds is 9. The molecule has 4 aromatic rings. The quantitative estimate of drug-likeness (QED) is 0.242. The normalized spacial score (nSPS) is 21.7. The van der Waals surface area contributed by atoms with Gasteiger partial charge in [0.05, 0.1) is 5.52 Å². The van der Waals surface area contributed by atoms with Crippen molar-refractivity contribution in [2.45, 2.75) is 32.1 Å². The number of carbonyl (C=O) groups is 1. The minimum absolute atomic E-state index is 0.101. The van der Waals surface area contributed by atoms with Gasteiger partial charge >= 0.3 is 5.97 Å². The highest BCUT2D eigenvalue weighted by Gasteiger charge is 2.54. The number of anilines is 1. The molecule has 0 spiro atoms. The predicted molar refractivity (Wildman–Crippen MR) is 151 cm³/mol. The molecule has 2 saturated carbocycles. The van der Waals surface area contributed by atoms with E-state index in [4.69, 9.17) is 9.26 Å². The van der Waals surface area contributed by atoms with Gasteiger partial charge in [0.25, 0.3) is 6.43 Å². The topological polar surface area (TPSA) is 88.7 Å². The molecule has 3 fully saturated rings. The number of hydrogen-bond donors (Lipinski definition) is 1. The van der Waals surface area contributed by atoms with Gasteiger partial charge < -0.3 is 19.3 Å². The van der Waals surface area contributed by atoms with Crippen LogP contribution in [-0.4, -0.2) is 47.3 Å². The zero-order valence-electron chi connectivity index (χ0n) is 22.5. The van der Waals surface area contributed by atoms with E-state index in [-0.39, 0.29) is 11.4 Å². The van der Waals surface area contributed by atoms with Crippen LogP contribution >= 0.6 is 0 Å². The minimum atomic E-state index is -2.67. The number of fused-ring (bicyclic) bond motifs is 2. The smallest absolute Gasteiger partial charge is 0.354 e. The lowest BCUT2D eigenvalue weighted by Gasteiger charge is -2.22. The number of carboxylic acid groups (broad SMARTS) is 1. The number of carboxylic acids is 1. The molecule has 210 valence electrons. The van der Waals surface area contributed by atoms with Crippen LogP contribution < -0.4 is 9.64 Å². The molecule has 9 heteroatoms. The highest BCUT2D eigenvalue weighted by molar-refractivity contribution is 5.94. The van der Waals surface area contributed by atoms with Crippen LogP contribution in [0.25, 0.3) is 28.2 Å². The van der Waals surface area contributed by atoms with Crippen molar-refractivity contribution >= 4 is 28.6 Å². The lowest BCUT2D eigenvalue weighted by molar-refractivity contribution is 0.0689. The Kier molecular flexibility index (Phi) is 6.25. The molecule has 2 aromatic heterocycles. The van der Waals surface area contributed by atoms with E-state index in [1.54, 1.807) is 6.07 Å². The van der Waals surface area contributed by atoms with E-state index in [0.717, 1.165) is 54.2 Å². The number of aromatic carboxylic acids is 1. The van der Waals surface area contributed by atoms with Crippen molar-refractivity contribution in [1.29, 1.82) is 0 Å². The number of halogens is 2. The average molecular weight is 558 g/mol. The summed E-state index contributed by atoms with van der Waals surface area (Å²) in [6.45, 7) is 3.03. The summed E-state index contributed by atoms with van der Waals surface area (Å²) in [5, 5.41) is 14.4. The van der Waals surface area contributed by atoms with E-state index >= 15 is 0 Å². The number of alkyl halides is 2. The third kappa shape index (κ3) is 4.83. The molecule has 0 bridgehead atoms. The first-order valence-electron chi connectivity index (χ1n) is 13.9. The molecule has 2 aliphatic carbocycles. The third-order valence-corrected chi connectivity index (χ3v) is 8.55. The van der Waals surface area contributed by atoms with Gasteiger partial charge in [-0.2, -0.15) is 0 Å². The van der Waals surface area contributed by atoms with Crippen molar-refractivity contribution in [3.05, 3.63) is 77.2 Å². The molecule has 2 atom stereocenters. The highest BCUT2D eigenvalue weighted by atomic mass is 19.3. The van der Waals surface area contributed by atoms with Crippen LogP contribution in [-0.2, 0) is 0 Å². The van der Waals surface area contributed by atoms with Gasteiger partial charge in [-0.1, -0.05) is 41.6 Å². The van der Waals surface area contributed by atoms with Gasteiger partial charge in [-0.25, -0.2) is 18.6 Å². The van der Waals surface area contributed by atoms with Crippen LogP contribution in [0, 0.1) is 24.7 Å². The molecule has 2 unspecified atom stereocenters. The minimum Gasteiger partial charge on any atom is -0.487 e. The van der Waals surface area contributed by atoms with E-state index in [0.29, 0.717) is 34.6 Å². The van der Waals surface area contributed by atoms with E-state index in [9.17, 15) is 18.7 Å². The van der Waals surface area contributed by atoms with Crippen molar-refractivity contribution in [2.75, 3.05) is 24.6 Å². The van der Waals surface area contributed by atoms with E-state index in [2.05, 4.69) is 46.2 Å². The Morgan fingerprint density at radius 2 is 1.95 bits per heavy atom. The number of ether oxygens (including phenoxy) is 1. The van der Waals surface area contributed by atoms with Crippen LogP contribution in [0.3, 0.4) is 0 Å². The summed E-state index contributed by atoms with van der Waals surface area (Å²) in [4.78, 5) is 17.9. The molecule has 1 aliphatic heterocycles. The van der Waals surface area contributed by atoms with Gasteiger partial charge in [0.2, 0.25) is 0 Å². The Morgan fingerprint density at radius 3 is 2.66 bits per heavy atom. The molecule has 1 N–H and O–H groups in total. The molecular weight excluding hydrogens is 528 g/mol. The van der Waals surface area contributed by atoms with Gasteiger partial charge in [-0.15, -0.1) is 0 Å². The highest BCUT2D eigenvalue weighted by Crippen LogP contribution is 2.54. The zero-order valence-corrected chi connectivity index (χ0v) is 22.5. The SMILES string of the molecule is Cc1ccccc1-c1noc(C2CC2)c1/C=C/C1C2CN(c3ccc4nc(C(=O)O)cc(OCC(F)F)c4c3)CC12. The van der Waals surface area contributed by atoms with Gasteiger partial charge in [-0.3, -0.25) is 0 Å². The summed E-state index contributed by atoms with van der Waals surface area (Å²) >= 11 is 0. The zero-order chi connectivity index (χ0) is 28.2. The molecular formula is C32H29F2N3O4. The fraction of sp³-hybridized carbons (Fsp3) is 0.344. The van der Waals surface area contributed by atoms with Gasteiger partial charge in [0, 0.05) is 47.3 Å². The Morgan fingerprint density at radius 1 is 1.17 bits per heavy atom. The number of aryl methyl sites for hydroxylation is 1. The van der Waals surface area contributed by atoms with Crippen LogP contribution in [0.5, 0.6) is 5.75 Å². The third-order valence-electron chi connectivity index (χ3n) is 8.55. The van der Waals surface area contributed by atoms with Crippen molar-refractivity contribution in [1.82, 2.24) is 10.1 Å². The Hall–Kier alpha value is -4.27. The molecule has 7 nitrogen and oxygen atoms in total. The Balaban J connectivity index is 1.09. The second kappa shape index (κ2) is 9.98. The Bertz CT molecular complexity index is 1670. The number of benzene rings is 2. The molecule has 1 saturated heterocycles. The van der Waals surface area contributed by atoms with Crippen molar-refractivity contribution in [2.24, 2.45) is 17.8 Å². The van der Waals surface area contributed by atoms with Crippen LogP contribution in [0.1, 0.15) is 46.1 Å². The van der Waals surface area contributed by atoms with Gasteiger partial charge in [-0.05, 0) is 61.3 Å². The summed E-state index contributed by atoms with van der Waals surface area (Å²) < 4.78 is 36.8. The summed E-state index contributed by atoms with van der Waals surface area (Å²) in [6, 6.07) is 15.0. The lowest BCUT2D eigenvalue weighted by atomic mass is 9.99. The van der Waals surface area contributed by atoms with Crippen LogP contribution in [0.2, 0.25) is 0 Å². The molecule has 41 heavy (non-hydrogen) atoms. The fourth-order valence-corrected chi connectivity index (χ4v) is 6.18. The van der Waals surface area contributed by atoms with Crippen LogP contribution in [0.15, 0.2) is 59.1 Å². The summed E-state index contributed by atoms with van der Waals surface area (Å²) in [7, 11) is 0. The molecule has 3 aliphatic rings. The van der Waals surface area contributed by atoms with Crippen molar-refractivity contribution in [3.63, 3.8) is 0 Å². The van der Waals surface area contributed by atoms with E-state index in [1.165, 1.54) is 11.6 Å². The van der Waals surface area contributed by atoms with E-state index in [1.807, 2.05) is 24.3 Å². The Labute approximate surface area is 235 Å². The van der Waals surface area contributed by atoms with E-state index < -0.39 is 19.0 Å². The molecule has 0 radical (unpaired) electrons. The lowest BCUT2D eigenvalue weighted by Crippen LogP contribution is -2.23. The second-order valence-electron chi connectivity index (χ2n) is 11.3. The number of pyridine rings is 1. The molecule has 0 amide bonds. The first-order chi connectivity index (χ1) is 19.9. The number of hydrogen-bond acceptors (Lipinski definition) is 6. The maximum absolute atomic E-state index is 12.9. The maximum atomic E-state index is 12.9. The first kappa shape index (κ1) is 25.7. The van der Waals surface area contributed by atoms with Crippen molar-refractivity contribution in [3.8, 4) is 17.0 Å². The largest absolute Gasteiger partial charge is 0.487 e. The summed E-state index contributed by atoms with van der Waals surface area (Å²) in [5.41, 5.74) is 5.38. The number of nitrogens with zero attached hydrogens (tertiary/aromatic N) is 3. The summed E-state index contributed by atoms with van der Waals surface area (Å²) in [6.07, 6.45) is 4.15.